The Morgan fingerprint density at radius 3 is 2.89 bits per heavy atom. The van der Waals surface area contributed by atoms with Crippen molar-refractivity contribution in [2.24, 2.45) is 7.05 Å². The Kier molecular flexibility index (Phi) is 1.34. The smallest absolute Gasteiger partial charge is 0.124 e. The summed E-state index contributed by atoms with van der Waals surface area (Å²) in [5.41, 5.74) is -1.66. The Morgan fingerprint density at radius 2 is 2.26 bits per heavy atom. The van der Waals surface area contributed by atoms with E-state index < -0.39 is 86.8 Å². The van der Waals surface area contributed by atoms with Crippen LogP contribution in [0.5, 0.6) is 0 Å². The van der Waals surface area contributed by atoms with E-state index in [1.165, 1.54) is 0 Å². The van der Waals surface area contributed by atoms with Crippen LogP contribution in [0.15, 0.2) is 42.4 Å². The molecule has 0 aliphatic carbocycles. The third-order valence-electron chi connectivity index (χ3n) is 2.04. The van der Waals surface area contributed by atoms with Crippen LogP contribution in [0.2, 0.25) is 0 Å². The van der Waals surface area contributed by atoms with Crippen LogP contribution in [-0.4, -0.2) is 41.7 Å². The van der Waals surface area contributed by atoms with Crippen LogP contribution in [0.4, 0.5) is 0 Å². The third-order valence-corrected chi connectivity index (χ3v) is 2.04. The lowest BCUT2D eigenvalue weighted by Gasteiger charge is -2.20. The normalized spacial score (nSPS) is 28.7. The Balaban J connectivity index is 2.84. The van der Waals surface area contributed by atoms with Crippen molar-refractivity contribution in [3.05, 3.63) is 53.7 Å². The molecule has 0 aliphatic heterocycles. The highest BCUT2D eigenvalue weighted by atomic mass is 16.5. The summed E-state index contributed by atoms with van der Waals surface area (Å²) in [6.07, 6.45) is -3.87. The van der Waals surface area contributed by atoms with Crippen molar-refractivity contribution in [3.63, 3.8) is 0 Å². The van der Waals surface area contributed by atoms with Crippen molar-refractivity contribution < 1.29 is 26.7 Å². The van der Waals surface area contributed by atoms with Gasteiger partial charge in [-0.3, -0.25) is 4.68 Å². The number of nitrogens with zero attached hydrogens (tertiary/aromatic N) is 3. The second kappa shape index (κ2) is 6.50. The number of hydrogen-bond donors (Lipinski definition) is 0. The van der Waals surface area contributed by atoms with Crippen LogP contribution < -0.4 is 0 Å². The number of likely N-dealkylation sites (N-methyl/N-ethyl adjacent to an activating group) is 1. The molecule has 1 aromatic heterocycles. The van der Waals surface area contributed by atoms with Gasteiger partial charge < -0.3 is 9.64 Å². The van der Waals surface area contributed by atoms with E-state index in [4.69, 9.17) is 26.7 Å². The minimum Gasteiger partial charge on any atom is -0.366 e. The molecule has 0 amide bonds. The molecule has 4 nitrogen and oxygen atoms in total. The van der Waals surface area contributed by atoms with Gasteiger partial charge in [-0.1, -0.05) is 30.2 Å². The van der Waals surface area contributed by atoms with Crippen LogP contribution in [-0.2, 0) is 11.8 Å². The summed E-state index contributed by atoms with van der Waals surface area (Å²) < 4.78 is 132. The maximum absolute atomic E-state index is 8.96. The molecule has 2 aromatic rings. The summed E-state index contributed by atoms with van der Waals surface area (Å²) in [6.45, 7) is -11.4. The van der Waals surface area contributed by atoms with Gasteiger partial charge in [0.2, 0.25) is 0 Å². The number of hydrogen-bond acceptors (Lipinski definition) is 3. The van der Waals surface area contributed by atoms with E-state index in [0.717, 1.165) is 11.7 Å². The fourth-order valence-corrected chi connectivity index (χ4v) is 1.24. The largest absolute Gasteiger partial charge is 0.366 e. The van der Waals surface area contributed by atoms with Gasteiger partial charge in [0.1, 0.15) is 6.08 Å². The molecule has 0 bridgehead atoms. The first kappa shape index (κ1) is 3.93. The van der Waals surface area contributed by atoms with Crippen molar-refractivity contribution in [2.75, 3.05) is 27.1 Å². The Morgan fingerprint density at radius 1 is 1.47 bits per heavy atom. The number of ether oxygens (including phenoxy) is 1. The van der Waals surface area contributed by atoms with Crippen molar-refractivity contribution in [1.29, 1.82) is 0 Å². The molecule has 0 fully saturated rings. The summed E-state index contributed by atoms with van der Waals surface area (Å²) in [7, 11) is 1.14. The van der Waals surface area contributed by atoms with E-state index in [2.05, 4.69) is 5.10 Å². The fraction of sp³-hybridized carbons (Fsp3) is 0.400. The standard InChI is InChI=1S/C15H21N3O/c1-17(2)11-12-19-15(13-7-5-4-6-8-13)14-9-10-16-18(14)3/h4-10,15H,11-12H2,1-3H3/i1D3,2D3,4D,5D,6D,7D,8D,9D,10D,12D2,15D. The quantitative estimate of drug-likeness (QED) is 0.808. The lowest BCUT2D eigenvalue weighted by atomic mass is 10.1. The van der Waals surface area contributed by atoms with Gasteiger partial charge in [0.25, 0.3) is 0 Å². The molecule has 0 radical (unpaired) electrons. The zero-order valence-corrected chi connectivity index (χ0v) is 9.96. The molecule has 0 spiro atoms. The van der Waals surface area contributed by atoms with Crippen LogP contribution in [0.1, 0.15) is 39.3 Å². The zero-order valence-electron chi connectivity index (χ0n) is 26.0. The lowest BCUT2D eigenvalue weighted by Crippen LogP contribution is -2.20. The van der Waals surface area contributed by atoms with Crippen molar-refractivity contribution in [1.82, 2.24) is 14.7 Å². The van der Waals surface area contributed by atoms with Gasteiger partial charge in [-0.2, -0.15) is 5.10 Å². The van der Waals surface area contributed by atoms with Crippen molar-refractivity contribution >= 4 is 0 Å². The topological polar surface area (TPSA) is 30.3 Å². The molecule has 4 heteroatoms. The van der Waals surface area contributed by atoms with Gasteiger partial charge in [-0.05, 0) is 25.6 Å². The number of rotatable bonds is 6. The molecule has 1 aromatic carbocycles. The summed E-state index contributed by atoms with van der Waals surface area (Å²) in [5.74, 6) is 0. The SMILES string of the molecule is [2H]c1nn(C)c(C([2H])(OC([2H])([2H])CN(C([2H])([2H])[2H])C([2H])([2H])[2H])c2c([2H])c([2H])c([2H])c([2H])c2[2H])c1[2H]. The second-order valence-corrected chi connectivity index (χ2v) is 3.37. The Hall–Kier alpha value is -1.65. The molecule has 1 atom stereocenters. The fourth-order valence-electron chi connectivity index (χ4n) is 1.24. The highest BCUT2D eigenvalue weighted by Crippen LogP contribution is 2.25. The molecular weight excluding hydrogens is 238 g/mol. The van der Waals surface area contributed by atoms with E-state index in [1.807, 2.05) is 0 Å². The molecule has 0 aliphatic rings. The summed E-state index contributed by atoms with van der Waals surface area (Å²) in [5, 5.41) is 3.62. The predicted octanol–water partition coefficient (Wildman–Crippen LogP) is 2.09. The highest BCUT2D eigenvalue weighted by molar-refractivity contribution is 5.25. The molecule has 1 unspecified atom stereocenters. The molecule has 1 heterocycles. The van der Waals surface area contributed by atoms with Crippen molar-refractivity contribution in [2.45, 2.75) is 6.08 Å². The molecular formula is C15H21N3O. The Bertz CT molecular complexity index is 1080. The van der Waals surface area contributed by atoms with E-state index in [1.54, 1.807) is 0 Å². The van der Waals surface area contributed by atoms with Gasteiger partial charge in [0, 0.05) is 28.0 Å². The van der Waals surface area contributed by atoms with Crippen LogP contribution in [0, 0.1) is 0 Å². The summed E-state index contributed by atoms with van der Waals surface area (Å²) >= 11 is 0. The predicted molar refractivity (Wildman–Crippen MR) is 76.0 cm³/mol. The van der Waals surface area contributed by atoms with E-state index in [-0.39, 0.29) is 4.90 Å². The van der Waals surface area contributed by atoms with E-state index in [0.29, 0.717) is 0 Å². The second-order valence-electron chi connectivity index (χ2n) is 3.37. The first-order chi connectivity index (χ1) is 15.6. The molecule has 0 saturated carbocycles. The van der Waals surface area contributed by atoms with Gasteiger partial charge in [0.15, 0.2) is 0 Å². The van der Waals surface area contributed by atoms with Gasteiger partial charge in [-0.25, -0.2) is 0 Å². The first-order valence-electron chi connectivity index (χ1n) is 13.1. The monoisotopic (exact) mass is 275 g/mol. The van der Waals surface area contributed by atoms with Crippen LogP contribution in [0.25, 0.3) is 0 Å². The molecule has 0 N–H and O–H groups in total. The zero-order chi connectivity index (χ0) is 27.5. The number of aromatic nitrogens is 2. The van der Waals surface area contributed by atoms with E-state index in [9.17, 15) is 0 Å². The van der Waals surface area contributed by atoms with Gasteiger partial charge in [-0.15, -0.1) is 0 Å². The van der Waals surface area contributed by atoms with Gasteiger partial charge >= 0.3 is 0 Å². The average molecular weight is 275 g/mol. The highest BCUT2D eigenvalue weighted by Gasteiger charge is 2.17. The first-order valence-corrected chi connectivity index (χ1v) is 5.12. The molecule has 19 heavy (non-hydrogen) atoms. The minimum absolute atomic E-state index is 0.177. The molecule has 0 saturated heterocycles. The average Bonchev–Trinajstić information content (AvgIpc) is 2.93. The van der Waals surface area contributed by atoms with E-state index >= 15 is 0 Å². The molecule has 102 valence electrons. The van der Waals surface area contributed by atoms with Crippen LogP contribution >= 0.6 is 0 Å². The minimum atomic E-state index is -3.33. The maximum atomic E-state index is 8.96. The van der Waals surface area contributed by atoms with Crippen LogP contribution in [0.3, 0.4) is 0 Å². The third kappa shape index (κ3) is 3.66. The lowest BCUT2D eigenvalue weighted by molar-refractivity contribution is 0.0638. The summed E-state index contributed by atoms with van der Waals surface area (Å²) in [4.78, 5) is -0.177. The number of aryl methyl sites for hydroxylation is 1. The van der Waals surface area contributed by atoms with Gasteiger partial charge in [0.05, 0.1) is 26.0 Å². The maximum Gasteiger partial charge on any atom is 0.124 e. The Labute approximate surface area is 137 Å². The number of benzene rings is 1. The van der Waals surface area contributed by atoms with Crippen molar-refractivity contribution in [3.8, 4) is 0 Å². The summed E-state index contributed by atoms with van der Waals surface area (Å²) in [6, 6.07) is -5.42. The molecule has 2 rings (SSSR count).